The molecule has 1 heterocycles. The normalized spacial score (nSPS) is 19.4. The van der Waals surface area contributed by atoms with Crippen LogP contribution in [0.1, 0.15) is 40.4 Å². The summed E-state index contributed by atoms with van der Waals surface area (Å²) < 4.78 is 0. The quantitative estimate of drug-likeness (QED) is 0.941. The first kappa shape index (κ1) is 15.8. The smallest absolute Gasteiger partial charge is 0.253 e. The average molecular weight is 309 g/mol. The van der Waals surface area contributed by atoms with Crippen LogP contribution < -0.4 is 0 Å². The third kappa shape index (κ3) is 3.62. The molecule has 3 heteroatoms. The Bertz CT molecular complexity index is 668. The molecule has 1 fully saturated rings. The molecule has 1 aliphatic heterocycles. The van der Waals surface area contributed by atoms with Gasteiger partial charge in [-0.1, -0.05) is 48.0 Å². The molecule has 2 aromatic rings. The fourth-order valence-corrected chi connectivity index (χ4v) is 3.34. The first-order valence-electron chi connectivity index (χ1n) is 8.24. The number of aliphatic hydroxyl groups is 1. The molecule has 1 amide bonds. The Morgan fingerprint density at radius 3 is 2.70 bits per heavy atom. The lowest BCUT2D eigenvalue weighted by Crippen LogP contribution is -2.41. The number of aryl methyl sites for hydroxylation is 1. The van der Waals surface area contributed by atoms with Gasteiger partial charge in [0.2, 0.25) is 0 Å². The molecule has 3 nitrogen and oxygen atoms in total. The largest absolute Gasteiger partial charge is 0.388 e. The number of nitrogens with zero attached hydrogens (tertiary/aromatic N) is 1. The van der Waals surface area contributed by atoms with E-state index in [9.17, 15) is 9.90 Å². The zero-order chi connectivity index (χ0) is 16.2. The van der Waals surface area contributed by atoms with Crippen LogP contribution in [-0.2, 0) is 0 Å². The zero-order valence-corrected chi connectivity index (χ0v) is 13.5. The number of carbonyl (C=O) groups excluding carboxylic acids is 1. The molecule has 0 bridgehead atoms. The Labute approximate surface area is 137 Å². The van der Waals surface area contributed by atoms with Gasteiger partial charge in [-0.3, -0.25) is 4.79 Å². The van der Waals surface area contributed by atoms with Crippen molar-refractivity contribution >= 4 is 5.91 Å². The van der Waals surface area contributed by atoms with Crippen molar-refractivity contribution in [1.82, 2.24) is 4.90 Å². The summed E-state index contributed by atoms with van der Waals surface area (Å²) >= 11 is 0. The van der Waals surface area contributed by atoms with E-state index in [-0.39, 0.29) is 11.8 Å². The van der Waals surface area contributed by atoms with E-state index in [1.165, 1.54) is 0 Å². The number of benzene rings is 2. The van der Waals surface area contributed by atoms with Crippen LogP contribution in [0.5, 0.6) is 0 Å². The van der Waals surface area contributed by atoms with Crippen LogP contribution in [0.3, 0.4) is 0 Å². The van der Waals surface area contributed by atoms with Crippen molar-refractivity contribution in [2.24, 2.45) is 5.92 Å². The molecule has 1 unspecified atom stereocenters. The highest BCUT2D eigenvalue weighted by molar-refractivity contribution is 5.94. The molecule has 3 rings (SSSR count). The van der Waals surface area contributed by atoms with E-state index in [0.717, 1.165) is 36.1 Å². The van der Waals surface area contributed by atoms with Gasteiger partial charge in [0.05, 0.1) is 6.10 Å². The minimum Gasteiger partial charge on any atom is -0.388 e. The number of hydrogen-bond donors (Lipinski definition) is 1. The second-order valence-corrected chi connectivity index (χ2v) is 6.38. The molecule has 0 aliphatic carbocycles. The first-order valence-corrected chi connectivity index (χ1v) is 8.24. The van der Waals surface area contributed by atoms with Crippen molar-refractivity contribution in [3.8, 4) is 0 Å². The molecular weight excluding hydrogens is 286 g/mol. The lowest BCUT2D eigenvalue weighted by molar-refractivity contribution is 0.0401. The van der Waals surface area contributed by atoms with Crippen molar-refractivity contribution < 1.29 is 9.90 Å². The van der Waals surface area contributed by atoms with Gasteiger partial charge in [-0.2, -0.15) is 0 Å². The molecule has 1 aliphatic rings. The van der Waals surface area contributed by atoms with Crippen LogP contribution in [0.2, 0.25) is 0 Å². The van der Waals surface area contributed by atoms with Gasteiger partial charge < -0.3 is 10.0 Å². The predicted octanol–water partition coefficient (Wildman–Crippen LogP) is 3.58. The summed E-state index contributed by atoms with van der Waals surface area (Å²) in [5.41, 5.74) is 2.76. The van der Waals surface area contributed by atoms with E-state index >= 15 is 0 Å². The maximum atomic E-state index is 12.7. The van der Waals surface area contributed by atoms with Gasteiger partial charge in [-0.05, 0) is 37.5 Å². The number of piperidine rings is 1. The van der Waals surface area contributed by atoms with Crippen molar-refractivity contribution in [1.29, 1.82) is 0 Å². The van der Waals surface area contributed by atoms with E-state index in [1.54, 1.807) is 0 Å². The zero-order valence-electron chi connectivity index (χ0n) is 13.5. The van der Waals surface area contributed by atoms with Gasteiger partial charge in [0.1, 0.15) is 0 Å². The van der Waals surface area contributed by atoms with Gasteiger partial charge in [0.25, 0.3) is 5.91 Å². The molecule has 2 atom stereocenters. The average Bonchev–Trinajstić information content (AvgIpc) is 2.61. The van der Waals surface area contributed by atoms with E-state index in [4.69, 9.17) is 0 Å². The predicted molar refractivity (Wildman–Crippen MR) is 91.2 cm³/mol. The lowest BCUT2D eigenvalue weighted by atomic mass is 9.88. The highest BCUT2D eigenvalue weighted by Crippen LogP contribution is 2.30. The van der Waals surface area contributed by atoms with Gasteiger partial charge in [-0.25, -0.2) is 0 Å². The summed E-state index contributed by atoms with van der Waals surface area (Å²) in [6.45, 7) is 3.38. The first-order chi connectivity index (χ1) is 11.1. The molecule has 23 heavy (non-hydrogen) atoms. The Morgan fingerprint density at radius 2 is 1.96 bits per heavy atom. The Balaban J connectivity index is 1.72. The Morgan fingerprint density at radius 1 is 1.17 bits per heavy atom. The third-order valence-electron chi connectivity index (χ3n) is 4.60. The van der Waals surface area contributed by atoms with Gasteiger partial charge in [0, 0.05) is 24.6 Å². The van der Waals surface area contributed by atoms with Crippen LogP contribution in [0.25, 0.3) is 0 Å². The minimum atomic E-state index is -0.510. The molecule has 120 valence electrons. The maximum absolute atomic E-state index is 12.7. The second kappa shape index (κ2) is 6.97. The van der Waals surface area contributed by atoms with Crippen LogP contribution >= 0.6 is 0 Å². The van der Waals surface area contributed by atoms with E-state index in [1.807, 2.05) is 66.4 Å². The molecule has 1 N–H and O–H groups in total. The van der Waals surface area contributed by atoms with E-state index in [2.05, 4.69) is 0 Å². The summed E-state index contributed by atoms with van der Waals surface area (Å²) in [6.07, 6.45) is 1.38. The van der Waals surface area contributed by atoms with Crippen molar-refractivity contribution in [2.75, 3.05) is 13.1 Å². The summed E-state index contributed by atoms with van der Waals surface area (Å²) in [7, 11) is 0. The summed E-state index contributed by atoms with van der Waals surface area (Å²) in [5.74, 6) is 0.165. The molecule has 0 aromatic heterocycles. The van der Waals surface area contributed by atoms with Crippen molar-refractivity contribution in [2.45, 2.75) is 25.9 Å². The molecular formula is C20H23NO2. The molecule has 0 radical (unpaired) electrons. The Kier molecular flexibility index (Phi) is 4.77. The van der Waals surface area contributed by atoms with Crippen molar-refractivity contribution in [3.63, 3.8) is 0 Å². The van der Waals surface area contributed by atoms with Crippen molar-refractivity contribution in [3.05, 3.63) is 71.3 Å². The number of hydrogen-bond acceptors (Lipinski definition) is 2. The molecule has 0 saturated carbocycles. The number of carbonyl (C=O) groups is 1. The fourth-order valence-electron chi connectivity index (χ4n) is 3.34. The number of rotatable bonds is 3. The van der Waals surface area contributed by atoms with Crippen LogP contribution in [0, 0.1) is 12.8 Å². The van der Waals surface area contributed by atoms with Crippen LogP contribution in [0.4, 0.5) is 0 Å². The van der Waals surface area contributed by atoms with Crippen LogP contribution in [0.15, 0.2) is 54.6 Å². The number of amides is 1. The van der Waals surface area contributed by atoms with Crippen LogP contribution in [-0.4, -0.2) is 29.0 Å². The molecule has 1 saturated heterocycles. The Hall–Kier alpha value is -2.13. The van der Waals surface area contributed by atoms with Gasteiger partial charge in [-0.15, -0.1) is 0 Å². The second-order valence-electron chi connectivity index (χ2n) is 6.38. The van der Waals surface area contributed by atoms with E-state index < -0.39 is 6.10 Å². The third-order valence-corrected chi connectivity index (χ3v) is 4.60. The number of aliphatic hydroxyl groups excluding tert-OH is 1. The number of likely N-dealkylation sites (tertiary alicyclic amines) is 1. The summed E-state index contributed by atoms with van der Waals surface area (Å²) in [5, 5.41) is 10.6. The molecule has 2 aromatic carbocycles. The lowest BCUT2D eigenvalue weighted by Gasteiger charge is -2.35. The standard InChI is InChI=1S/C20H23NO2/c1-15-7-5-10-17(13-15)20(23)21-12-6-11-18(14-21)19(22)16-8-3-2-4-9-16/h2-5,7-10,13,18-19,22H,6,11-12,14H2,1H3/t18?,19-/m0/s1. The fraction of sp³-hybridized carbons (Fsp3) is 0.350. The van der Waals surface area contributed by atoms with E-state index in [0.29, 0.717) is 6.54 Å². The van der Waals surface area contributed by atoms with Gasteiger partial charge >= 0.3 is 0 Å². The monoisotopic (exact) mass is 309 g/mol. The maximum Gasteiger partial charge on any atom is 0.253 e. The molecule has 0 spiro atoms. The summed E-state index contributed by atoms with van der Waals surface area (Å²) in [6, 6.07) is 17.4. The summed E-state index contributed by atoms with van der Waals surface area (Å²) in [4.78, 5) is 14.6. The SMILES string of the molecule is Cc1cccc(C(=O)N2CCCC([C@@H](O)c3ccccc3)C2)c1. The van der Waals surface area contributed by atoms with Gasteiger partial charge in [0.15, 0.2) is 0 Å². The highest BCUT2D eigenvalue weighted by atomic mass is 16.3. The topological polar surface area (TPSA) is 40.5 Å². The highest BCUT2D eigenvalue weighted by Gasteiger charge is 2.29. The minimum absolute atomic E-state index is 0.0682.